The van der Waals surface area contributed by atoms with E-state index in [0.717, 1.165) is 0 Å². The van der Waals surface area contributed by atoms with Gasteiger partial charge in [-0.15, -0.1) is 0 Å². The zero-order valence-electron chi connectivity index (χ0n) is 20.0. The fourth-order valence-electron chi connectivity index (χ4n) is 5.34. The number of hydrogen-bond acceptors (Lipinski definition) is 6. The van der Waals surface area contributed by atoms with Crippen LogP contribution in [0.3, 0.4) is 0 Å². The van der Waals surface area contributed by atoms with Crippen LogP contribution >= 0.6 is 0 Å². The molecule has 2 aromatic carbocycles. The summed E-state index contributed by atoms with van der Waals surface area (Å²) in [6, 6.07) is 8.56. The van der Waals surface area contributed by atoms with Crippen molar-refractivity contribution in [3.05, 3.63) is 56.6 Å². The molecule has 2 aliphatic rings. The smallest absolute Gasteiger partial charge is 0.401 e. The lowest BCUT2D eigenvalue weighted by Crippen LogP contribution is -2.34. The number of ether oxygens (including phenoxy) is 1. The molecule has 4 heterocycles. The average Bonchev–Trinajstić information content (AvgIpc) is 3.36. The molecule has 2 aromatic heterocycles. The first-order valence-corrected chi connectivity index (χ1v) is 12.1. The molecule has 0 aliphatic carbocycles. The quantitative estimate of drug-likeness (QED) is 0.388. The Morgan fingerprint density at radius 1 is 1.19 bits per heavy atom. The first-order chi connectivity index (χ1) is 17.7. The van der Waals surface area contributed by atoms with E-state index < -0.39 is 18.3 Å². The van der Waals surface area contributed by atoms with Crippen LogP contribution in [0.15, 0.2) is 39.9 Å². The first kappa shape index (κ1) is 23.7. The number of nitrogens with zero attached hydrogens (tertiary/aromatic N) is 3. The minimum absolute atomic E-state index is 0.0847. The van der Waals surface area contributed by atoms with Gasteiger partial charge in [0.15, 0.2) is 5.75 Å². The lowest BCUT2D eigenvalue weighted by molar-refractivity contribution is -0.125. The Balaban J connectivity index is 1.57. The largest absolute Gasteiger partial charge is 0.486 e. The molecule has 6 bridgehead atoms. The van der Waals surface area contributed by atoms with Crippen LogP contribution in [-0.2, 0) is 13.1 Å². The van der Waals surface area contributed by atoms with Crippen molar-refractivity contribution in [1.29, 1.82) is 0 Å². The molecule has 0 saturated carbocycles. The summed E-state index contributed by atoms with van der Waals surface area (Å²) in [5.41, 5.74) is 1.70. The zero-order valence-corrected chi connectivity index (χ0v) is 20.0. The van der Waals surface area contributed by atoms with Gasteiger partial charge in [-0.05, 0) is 19.1 Å². The van der Waals surface area contributed by atoms with Crippen LogP contribution in [0.25, 0.3) is 33.2 Å². The van der Waals surface area contributed by atoms with Crippen LogP contribution in [0.4, 0.5) is 13.2 Å². The molecule has 2 aliphatic heterocycles. The number of benzene rings is 2. The molecule has 194 valence electrons. The molecular formula is C25H25F3N6O3. The summed E-state index contributed by atoms with van der Waals surface area (Å²) in [5, 5.41) is 6.04. The van der Waals surface area contributed by atoms with Crippen molar-refractivity contribution in [2.45, 2.75) is 44.8 Å². The lowest BCUT2D eigenvalue weighted by atomic mass is 10.1. The molecule has 0 amide bonds. The monoisotopic (exact) mass is 514 g/mol. The van der Waals surface area contributed by atoms with Gasteiger partial charge in [0.1, 0.15) is 17.3 Å². The zero-order chi connectivity index (χ0) is 25.9. The van der Waals surface area contributed by atoms with Crippen molar-refractivity contribution in [1.82, 2.24) is 30.0 Å². The standard InChI is InChI=1S/C25H25F3N6O3/c1-13-9-15-11-33(13)7-8-34-24(36)17-4-2-3-16(19(17)32-34)20-23(35)30-18-6-5-14(10-29-12-25(26,27)28)22(37-15)21(18)31-20/h2-6,13,15,29,32H,7-12H2,1H3,(H,30,35)/t13-,15?/m1/s1. The van der Waals surface area contributed by atoms with E-state index in [1.54, 1.807) is 35.0 Å². The first-order valence-electron chi connectivity index (χ1n) is 12.1. The maximum atomic E-state index is 13.1. The second kappa shape index (κ2) is 8.73. The highest BCUT2D eigenvalue weighted by Gasteiger charge is 2.32. The van der Waals surface area contributed by atoms with Crippen LogP contribution < -0.4 is 21.2 Å². The van der Waals surface area contributed by atoms with E-state index in [1.165, 1.54) is 0 Å². The molecule has 1 fully saturated rings. The highest BCUT2D eigenvalue weighted by Crippen LogP contribution is 2.33. The normalized spacial score (nSPS) is 21.6. The van der Waals surface area contributed by atoms with E-state index in [4.69, 9.17) is 4.74 Å². The van der Waals surface area contributed by atoms with Gasteiger partial charge in [0.2, 0.25) is 0 Å². The van der Waals surface area contributed by atoms with E-state index >= 15 is 0 Å². The number of halogens is 3. The number of H-pyrrole nitrogens is 2. The van der Waals surface area contributed by atoms with Gasteiger partial charge in [-0.1, -0.05) is 18.2 Å². The predicted molar refractivity (Wildman–Crippen MR) is 132 cm³/mol. The number of para-hydroxylation sites is 1. The molecule has 3 atom stereocenters. The molecule has 37 heavy (non-hydrogen) atoms. The fourth-order valence-corrected chi connectivity index (χ4v) is 5.34. The third kappa shape index (κ3) is 4.29. The topological polar surface area (TPSA) is 108 Å². The van der Waals surface area contributed by atoms with Gasteiger partial charge >= 0.3 is 6.18 Å². The molecule has 1 saturated heterocycles. The van der Waals surface area contributed by atoms with Gasteiger partial charge in [0.25, 0.3) is 11.1 Å². The van der Waals surface area contributed by atoms with Crippen molar-refractivity contribution >= 4 is 21.9 Å². The Morgan fingerprint density at radius 3 is 2.84 bits per heavy atom. The summed E-state index contributed by atoms with van der Waals surface area (Å²) in [6.45, 7) is 2.47. The molecule has 9 nitrogen and oxygen atoms in total. The SMILES string of the molecule is C[C@@H]1CC2CN1CCn1[nH]c3c(cccc3c1=O)-c1nc3c(c(CNCC(F)(F)F)ccc3[nH]c1=O)O2. The van der Waals surface area contributed by atoms with Crippen LogP contribution in [0.1, 0.15) is 18.9 Å². The van der Waals surface area contributed by atoms with Gasteiger partial charge in [-0.25, -0.2) is 4.98 Å². The Labute approximate surface area is 208 Å². The molecule has 6 rings (SSSR count). The molecule has 2 unspecified atom stereocenters. The van der Waals surface area contributed by atoms with E-state index in [1.807, 2.05) is 0 Å². The van der Waals surface area contributed by atoms with Crippen molar-refractivity contribution in [2.75, 3.05) is 19.6 Å². The summed E-state index contributed by atoms with van der Waals surface area (Å²) in [7, 11) is 0. The molecule has 0 spiro atoms. The Hall–Kier alpha value is -3.64. The molecule has 0 radical (unpaired) electrons. The Morgan fingerprint density at radius 2 is 2.03 bits per heavy atom. The minimum atomic E-state index is -4.35. The molecule has 12 heteroatoms. The fraction of sp³-hybridized carbons (Fsp3) is 0.400. The summed E-state index contributed by atoms with van der Waals surface area (Å²) in [6.07, 6.45) is -3.89. The van der Waals surface area contributed by atoms with Crippen LogP contribution in [0.5, 0.6) is 5.75 Å². The number of alkyl halides is 3. The van der Waals surface area contributed by atoms with Crippen molar-refractivity contribution in [3.63, 3.8) is 0 Å². The van der Waals surface area contributed by atoms with E-state index in [2.05, 4.69) is 32.2 Å². The number of hydrogen-bond donors (Lipinski definition) is 3. The highest BCUT2D eigenvalue weighted by molar-refractivity contribution is 5.94. The van der Waals surface area contributed by atoms with Crippen LogP contribution in [0, 0.1) is 0 Å². The predicted octanol–water partition coefficient (Wildman–Crippen LogP) is 2.74. The highest BCUT2D eigenvalue weighted by atomic mass is 19.4. The third-order valence-corrected chi connectivity index (χ3v) is 7.14. The van der Waals surface area contributed by atoms with E-state index in [0.29, 0.717) is 64.9 Å². The summed E-state index contributed by atoms with van der Waals surface area (Å²) in [4.78, 5) is 35.9. The van der Waals surface area contributed by atoms with Gasteiger partial charge in [0, 0.05) is 43.2 Å². The molecule has 3 N–H and O–H groups in total. The van der Waals surface area contributed by atoms with Gasteiger partial charge < -0.3 is 15.0 Å². The maximum absolute atomic E-state index is 13.1. The minimum Gasteiger partial charge on any atom is -0.486 e. The Bertz CT molecular complexity index is 1620. The van der Waals surface area contributed by atoms with Crippen LogP contribution in [0.2, 0.25) is 0 Å². The third-order valence-electron chi connectivity index (χ3n) is 7.14. The number of fused-ring (bicyclic) bond motifs is 5. The maximum Gasteiger partial charge on any atom is 0.401 e. The Kier molecular flexibility index (Phi) is 5.60. The van der Waals surface area contributed by atoms with E-state index in [-0.39, 0.29) is 29.9 Å². The van der Waals surface area contributed by atoms with Gasteiger partial charge in [-0.3, -0.25) is 24.3 Å². The summed E-state index contributed by atoms with van der Waals surface area (Å²) < 4.78 is 46.4. The van der Waals surface area contributed by atoms with Gasteiger partial charge in [-0.2, -0.15) is 13.2 Å². The number of nitrogens with one attached hydrogen (secondary N) is 3. The number of aromatic amines is 2. The lowest BCUT2D eigenvalue weighted by Gasteiger charge is -2.21. The van der Waals surface area contributed by atoms with Crippen molar-refractivity contribution < 1.29 is 17.9 Å². The number of rotatable bonds is 3. The molecular weight excluding hydrogens is 489 g/mol. The molecule has 4 aromatic rings. The average molecular weight is 515 g/mol. The second-order valence-electron chi connectivity index (χ2n) is 9.70. The summed E-state index contributed by atoms with van der Waals surface area (Å²) >= 11 is 0. The van der Waals surface area contributed by atoms with E-state index in [9.17, 15) is 22.8 Å². The second-order valence-corrected chi connectivity index (χ2v) is 9.70. The summed E-state index contributed by atoms with van der Waals surface area (Å²) in [5.74, 6) is 0.346. The number of aromatic nitrogens is 4. The van der Waals surface area contributed by atoms with Crippen molar-refractivity contribution in [2.24, 2.45) is 0 Å². The van der Waals surface area contributed by atoms with Gasteiger partial charge in [0.05, 0.1) is 29.5 Å². The van der Waals surface area contributed by atoms with Crippen LogP contribution in [-0.4, -0.2) is 62.6 Å². The van der Waals surface area contributed by atoms with Crippen molar-refractivity contribution in [3.8, 4) is 17.0 Å².